The van der Waals surface area contributed by atoms with E-state index in [1.807, 2.05) is 69.3 Å². The molecule has 35 heavy (non-hydrogen) atoms. The number of carbonyl (C=O) groups is 3. The van der Waals surface area contributed by atoms with Crippen molar-refractivity contribution < 1.29 is 19.1 Å². The predicted octanol–water partition coefficient (Wildman–Crippen LogP) is 5.83. The minimum Gasteiger partial charge on any atom is -0.444 e. The molecule has 2 N–H and O–H groups in total. The van der Waals surface area contributed by atoms with E-state index in [-0.39, 0.29) is 23.5 Å². The summed E-state index contributed by atoms with van der Waals surface area (Å²) in [6.07, 6.45) is 3.91. The molecule has 0 atom stereocenters. The van der Waals surface area contributed by atoms with Crippen LogP contribution in [0.2, 0.25) is 0 Å². The van der Waals surface area contributed by atoms with Crippen molar-refractivity contribution in [2.45, 2.75) is 78.4 Å². The number of anilines is 1. The molecule has 0 saturated heterocycles. The molecule has 2 aromatic carbocycles. The first kappa shape index (κ1) is 26.5. The normalized spacial score (nSPS) is 17.9. The fourth-order valence-corrected chi connectivity index (χ4v) is 4.35. The fraction of sp³-hybridized carbons (Fsp3) is 0.483. The topological polar surface area (TPSA) is 84.5 Å². The highest BCUT2D eigenvalue weighted by Gasteiger charge is 2.29. The van der Waals surface area contributed by atoms with Gasteiger partial charge in [-0.3, -0.25) is 9.59 Å². The standard InChI is InChI=1S/C29H38N2O4/c1-5-20-10-16-25(17-11-20)31-27(33)24-14-12-23(13-15-24)26(32)18-21-6-8-22(9-7-21)19-30-28(34)35-29(2,3)4/h6-11,16-17,23-24H,5,12-15,18-19H2,1-4H3,(H,30,34)(H,31,33). The van der Waals surface area contributed by atoms with Crippen molar-refractivity contribution in [3.05, 3.63) is 65.2 Å². The van der Waals surface area contributed by atoms with E-state index in [0.717, 1.165) is 48.9 Å². The van der Waals surface area contributed by atoms with Gasteiger partial charge in [0.25, 0.3) is 0 Å². The summed E-state index contributed by atoms with van der Waals surface area (Å²) < 4.78 is 5.24. The smallest absolute Gasteiger partial charge is 0.407 e. The molecule has 1 fully saturated rings. The van der Waals surface area contributed by atoms with Gasteiger partial charge in [0, 0.05) is 30.5 Å². The monoisotopic (exact) mass is 478 g/mol. The number of amides is 2. The van der Waals surface area contributed by atoms with Crippen LogP contribution < -0.4 is 10.6 Å². The molecule has 188 valence electrons. The molecular formula is C29H38N2O4. The molecule has 2 aromatic rings. The summed E-state index contributed by atoms with van der Waals surface area (Å²) in [4.78, 5) is 37.3. The van der Waals surface area contributed by atoms with Gasteiger partial charge in [-0.2, -0.15) is 0 Å². The molecule has 0 unspecified atom stereocenters. The Morgan fingerprint density at radius 3 is 1.94 bits per heavy atom. The van der Waals surface area contributed by atoms with Crippen LogP contribution in [0.1, 0.15) is 70.1 Å². The number of alkyl carbamates (subject to hydrolysis) is 1. The van der Waals surface area contributed by atoms with E-state index in [2.05, 4.69) is 17.6 Å². The third-order valence-corrected chi connectivity index (χ3v) is 6.42. The first-order valence-electron chi connectivity index (χ1n) is 12.6. The molecule has 0 spiro atoms. The number of nitrogens with one attached hydrogen (secondary N) is 2. The average Bonchev–Trinajstić information content (AvgIpc) is 2.83. The van der Waals surface area contributed by atoms with Gasteiger partial charge in [-0.1, -0.05) is 43.3 Å². The maximum atomic E-state index is 12.9. The number of aryl methyl sites for hydroxylation is 1. The lowest BCUT2D eigenvalue weighted by Gasteiger charge is -2.27. The van der Waals surface area contributed by atoms with Crippen molar-refractivity contribution in [1.29, 1.82) is 0 Å². The fourth-order valence-electron chi connectivity index (χ4n) is 4.35. The molecule has 0 aliphatic heterocycles. The zero-order valence-electron chi connectivity index (χ0n) is 21.4. The van der Waals surface area contributed by atoms with E-state index in [1.165, 1.54) is 5.56 Å². The highest BCUT2D eigenvalue weighted by atomic mass is 16.6. The summed E-state index contributed by atoms with van der Waals surface area (Å²) in [5.41, 5.74) is 3.45. The lowest BCUT2D eigenvalue weighted by atomic mass is 9.78. The largest absolute Gasteiger partial charge is 0.444 e. The quantitative estimate of drug-likeness (QED) is 0.500. The van der Waals surface area contributed by atoms with Gasteiger partial charge < -0.3 is 15.4 Å². The zero-order valence-corrected chi connectivity index (χ0v) is 21.4. The number of rotatable bonds is 8. The van der Waals surface area contributed by atoms with E-state index >= 15 is 0 Å². The molecule has 6 nitrogen and oxygen atoms in total. The summed E-state index contributed by atoms with van der Waals surface area (Å²) in [6, 6.07) is 15.7. The molecular weight excluding hydrogens is 440 g/mol. The van der Waals surface area contributed by atoms with E-state index < -0.39 is 11.7 Å². The number of benzene rings is 2. The van der Waals surface area contributed by atoms with E-state index in [0.29, 0.717) is 13.0 Å². The highest BCUT2D eigenvalue weighted by Crippen LogP contribution is 2.31. The first-order chi connectivity index (χ1) is 16.6. The van der Waals surface area contributed by atoms with Gasteiger partial charge in [-0.05, 0) is 81.7 Å². The van der Waals surface area contributed by atoms with Crippen LogP contribution in [0.4, 0.5) is 10.5 Å². The van der Waals surface area contributed by atoms with Gasteiger partial charge in [-0.15, -0.1) is 0 Å². The molecule has 3 rings (SSSR count). The lowest BCUT2D eigenvalue weighted by Crippen LogP contribution is -2.32. The van der Waals surface area contributed by atoms with Crippen molar-refractivity contribution in [3.63, 3.8) is 0 Å². The lowest BCUT2D eigenvalue weighted by molar-refractivity contribution is -0.126. The molecule has 0 heterocycles. The van der Waals surface area contributed by atoms with Crippen molar-refractivity contribution >= 4 is 23.5 Å². The summed E-state index contributed by atoms with van der Waals surface area (Å²) >= 11 is 0. The molecule has 1 aliphatic rings. The third-order valence-electron chi connectivity index (χ3n) is 6.42. The summed E-state index contributed by atoms with van der Waals surface area (Å²) in [5.74, 6) is 0.257. The third kappa shape index (κ3) is 8.53. The second-order valence-electron chi connectivity index (χ2n) is 10.4. The SMILES string of the molecule is CCc1ccc(NC(=O)C2CCC(C(=O)Cc3ccc(CNC(=O)OC(C)(C)C)cc3)CC2)cc1. The minimum atomic E-state index is -0.530. The Kier molecular flexibility index (Phi) is 9.07. The summed E-state index contributed by atoms with van der Waals surface area (Å²) in [7, 11) is 0. The van der Waals surface area contributed by atoms with Gasteiger partial charge >= 0.3 is 6.09 Å². The van der Waals surface area contributed by atoms with Crippen molar-refractivity contribution in [2.75, 3.05) is 5.32 Å². The number of hydrogen-bond donors (Lipinski definition) is 2. The summed E-state index contributed by atoms with van der Waals surface area (Å²) in [5, 5.41) is 5.76. The van der Waals surface area contributed by atoms with Crippen LogP contribution in [-0.2, 0) is 33.7 Å². The van der Waals surface area contributed by atoms with Crippen LogP contribution in [0.25, 0.3) is 0 Å². The van der Waals surface area contributed by atoms with E-state index in [1.54, 1.807) is 0 Å². The van der Waals surface area contributed by atoms with E-state index in [4.69, 9.17) is 4.74 Å². The molecule has 2 amide bonds. The molecule has 0 aromatic heterocycles. The van der Waals surface area contributed by atoms with Crippen molar-refractivity contribution in [3.8, 4) is 0 Å². The van der Waals surface area contributed by atoms with Crippen LogP contribution in [0.3, 0.4) is 0 Å². The van der Waals surface area contributed by atoms with Gasteiger partial charge in [0.1, 0.15) is 11.4 Å². The Labute approximate surface area is 208 Å². The first-order valence-corrected chi connectivity index (χ1v) is 12.6. The van der Waals surface area contributed by atoms with Crippen LogP contribution >= 0.6 is 0 Å². The van der Waals surface area contributed by atoms with Crippen LogP contribution in [0, 0.1) is 11.8 Å². The van der Waals surface area contributed by atoms with Crippen LogP contribution in [0.5, 0.6) is 0 Å². The molecule has 6 heteroatoms. The number of carbonyl (C=O) groups excluding carboxylic acids is 3. The van der Waals surface area contributed by atoms with Gasteiger partial charge in [0.15, 0.2) is 0 Å². The van der Waals surface area contributed by atoms with Gasteiger partial charge in [-0.25, -0.2) is 4.79 Å². The Bertz CT molecular complexity index is 998. The number of Topliss-reactive ketones (excluding diaryl/α,β-unsaturated/α-hetero) is 1. The Hall–Kier alpha value is -3.15. The molecule has 1 aliphatic carbocycles. The minimum absolute atomic E-state index is 0.0106. The molecule has 1 saturated carbocycles. The van der Waals surface area contributed by atoms with E-state index in [9.17, 15) is 14.4 Å². The predicted molar refractivity (Wildman–Crippen MR) is 138 cm³/mol. The zero-order chi connectivity index (χ0) is 25.4. The Balaban J connectivity index is 1.41. The van der Waals surface area contributed by atoms with Crippen molar-refractivity contribution in [2.24, 2.45) is 11.8 Å². The number of ether oxygens (including phenoxy) is 1. The second-order valence-corrected chi connectivity index (χ2v) is 10.4. The maximum Gasteiger partial charge on any atom is 0.407 e. The average molecular weight is 479 g/mol. The molecule has 0 radical (unpaired) electrons. The maximum absolute atomic E-state index is 12.9. The number of ketones is 1. The van der Waals surface area contributed by atoms with Gasteiger partial charge in [0.2, 0.25) is 5.91 Å². The Morgan fingerprint density at radius 2 is 1.37 bits per heavy atom. The van der Waals surface area contributed by atoms with Gasteiger partial charge in [0.05, 0.1) is 0 Å². The highest BCUT2D eigenvalue weighted by molar-refractivity contribution is 5.93. The second kappa shape index (κ2) is 12.0. The molecule has 0 bridgehead atoms. The summed E-state index contributed by atoms with van der Waals surface area (Å²) in [6.45, 7) is 7.96. The Morgan fingerprint density at radius 1 is 0.829 bits per heavy atom. The van der Waals surface area contributed by atoms with Crippen LogP contribution in [0.15, 0.2) is 48.5 Å². The van der Waals surface area contributed by atoms with Crippen molar-refractivity contribution in [1.82, 2.24) is 5.32 Å². The number of hydrogen-bond acceptors (Lipinski definition) is 4. The van der Waals surface area contributed by atoms with Crippen LogP contribution in [-0.4, -0.2) is 23.4 Å².